The van der Waals surface area contributed by atoms with Crippen molar-refractivity contribution in [3.63, 3.8) is 0 Å². The van der Waals surface area contributed by atoms with E-state index in [1.165, 1.54) is 0 Å². The van der Waals surface area contributed by atoms with Gasteiger partial charge in [-0.25, -0.2) is 0 Å². The summed E-state index contributed by atoms with van der Waals surface area (Å²) in [5.41, 5.74) is 2.70. The van der Waals surface area contributed by atoms with Crippen LogP contribution in [0.15, 0.2) is 54.6 Å². The summed E-state index contributed by atoms with van der Waals surface area (Å²) in [5.74, 6) is 0.0351. The summed E-state index contributed by atoms with van der Waals surface area (Å²) in [6.07, 6.45) is 3.29. The molecule has 130 valence electrons. The van der Waals surface area contributed by atoms with Crippen LogP contribution in [0.2, 0.25) is 0 Å². The summed E-state index contributed by atoms with van der Waals surface area (Å²) in [5, 5.41) is 3.01. The minimum absolute atomic E-state index is 0.0121. The summed E-state index contributed by atoms with van der Waals surface area (Å²) in [4.78, 5) is 26.3. The van der Waals surface area contributed by atoms with Crippen LogP contribution in [0.1, 0.15) is 44.1 Å². The zero-order chi connectivity index (χ0) is 17.6. The largest absolute Gasteiger partial charge is 0.326 e. The third-order valence-electron chi connectivity index (χ3n) is 4.62. The van der Waals surface area contributed by atoms with Crippen LogP contribution >= 0.6 is 0 Å². The predicted molar refractivity (Wildman–Crippen MR) is 101 cm³/mol. The first kappa shape index (κ1) is 17.2. The van der Waals surface area contributed by atoms with Gasteiger partial charge in [0, 0.05) is 24.3 Å². The molecule has 25 heavy (non-hydrogen) atoms. The first-order chi connectivity index (χ1) is 12.2. The van der Waals surface area contributed by atoms with Gasteiger partial charge in [0.25, 0.3) is 0 Å². The van der Waals surface area contributed by atoms with Gasteiger partial charge in [-0.1, -0.05) is 43.7 Å². The lowest BCUT2D eigenvalue weighted by Crippen LogP contribution is -2.24. The molecular weight excluding hydrogens is 312 g/mol. The van der Waals surface area contributed by atoms with Gasteiger partial charge in [-0.15, -0.1) is 0 Å². The van der Waals surface area contributed by atoms with Gasteiger partial charge < -0.3 is 10.2 Å². The zero-order valence-corrected chi connectivity index (χ0v) is 14.6. The zero-order valence-electron chi connectivity index (χ0n) is 14.6. The van der Waals surface area contributed by atoms with Crippen LogP contribution in [0.25, 0.3) is 0 Å². The number of benzene rings is 2. The highest BCUT2D eigenvalue weighted by Crippen LogP contribution is 2.26. The molecule has 1 fully saturated rings. The molecule has 0 radical (unpaired) electrons. The number of carbonyl (C=O) groups is 2. The maximum atomic E-state index is 12.7. The van der Waals surface area contributed by atoms with Crippen molar-refractivity contribution >= 4 is 23.2 Å². The number of anilines is 2. The fourth-order valence-electron chi connectivity index (χ4n) is 3.30. The molecule has 4 nitrogen and oxygen atoms in total. The van der Waals surface area contributed by atoms with E-state index >= 15 is 0 Å². The number of nitrogens with one attached hydrogen (secondary N) is 1. The predicted octanol–water partition coefficient (Wildman–Crippen LogP) is 4.34. The summed E-state index contributed by atoms with van der Waals surface area (Å²) in [6.45, 7) is 2.86. The number of nitrogens with zero attached hydrogens (tertiary/aromatic N) is 1. The van der Waals surface area contributed by atoms with E-state index in [-0.39, 0.29) is 17.7 Å². The lowest BCUT2D eigenvalue weighted by atomic mass is 9.93. The Morgan fingerprint density at radius 3 is 2.44 bits per heavy atom. The van der Waals surface area contributed by atoms with Gasteiger partial charge in [0.05, 0.1) is 5.92 Å². The lowest BCUT2D eigenvalue weighted by Gasteiger charge is -2.18. The smallest absolute Gasteiger partial charge is 0.231 e. The van der Waals surface area contributed by atoms with Gasteiger partial charge in [-0.3, -0.25) is 9.59 Å². The third-order valence-corrected chi connectivity index (χ3v) is 4.62. The molecule has 0 aliphatic carbocycles. The van der Waals surface area contributed by atoms with E-state index in [9.17, 15) is 9.59 Å². The Hall–Kier alpha value is -2.62. The average molecular weight is 336 g/mol. The standard InChI is InChI=1S/C21H24N2O2/c1-2-7-19(16-8-4-3-5-9-16)21(25)22-17-11-13-18(14-12-17)23-15-6-10-20(23)24/h3-5,8-9,11-14,19H,2,6-7,10,15H2,1H3,(H,22,25)/t19-/m0/s1. The van der Waals surface area contributed by atoms with E-state index in [0.717, 1.165) is 42.7 Å². The Labute approximate surface area is 148 Å². The Morgan fingerprint density at radius 2 is 1.84 bits per heavy atom. The molecule has 1 N–H and O–H groups in total. The number of hydrogen-bond acceptors (Lipinski definition) is 2. The molecule has 1 atom stereocenters. The normalized spacial score (nSPS) is 15.2. The molecule has 1 saturated heterocycles. The summed E-state index contributed by atoms with van der Waals surface area (Å²) >= 11 is 0. The molecule has 2 amide bonds. The summed E-state index contributed by atoms with van der Waals surface area (Å²) in [7, 11) is 0. The monoisotopic (exact) mass is 336 g/mol. The first-order valence-corrected chi connectivity index (χ1v) is 8.95. The van der Waals surface area contributed by atoms with Gasteiger partial charge in [0.15, 0.2) is 0 Å². The van der Waals surface area contributed by atoms with Gasteiger partial charge in [-0.2, -0.15) is 0 Å². The summed E-state index contributed by atoms with van der Waals surface area (Å²) in [6, 6.07) is 17.4. The van der Waals surface area contributed by atoms with Crippen molar-refractivity contribution < 1.29 is 9.59 Å². The van der Waals surface area contributed by atoms with E-state index in [1.54, 1.807) is 4.90 Å². The second-order valence-electron chi connectivity index (χ2n) is 6.44. The quantitative estimate of drug-likeness (QED) is 0.853. The third kappa shape index (κ3) is 4.08. The highest BCUT2D eigenvalue weighted by atomic mass is 16.2. The highest BCUT2D eigenvalue weighted by molar-refractivity contribution is 5.97. The molecule has 1 heterocycles. The first-order valence-electron chi connectivity index (χ1n) is 8.95. The molecule has 2 aromatic carbocycles. The van der Waals surface area contributed by atoms with Gasteiger partial charge in [0.2, 0.25) is 11.8 Å². The topological polar surface area (TPSA) is 49.4 Å². The molecular formula is C21H24N2O2. The average Bonchev–Trinajstić information content (AvgIpc) is 3.07. The maximum Gasteiger partial charge on any atom is 0.231 e. The van der Waals surface area contributed by atoms with Crippen molar-refractivity contribution in [2.24, 2.45) is 0 Å². The molecule has 3 rings (SSSR count). The molecule has 1 aliphatic rings. The van der Waals surface area contributed by atoms with E-state index in [4.69, 9.17) is 0 Å². The molecule has 0 spiro atoms. The van der Waals surface area contributed by atoms with Crippen molar-refractivity contribution in [3.8, 4) is 0 Å². The Balaban J connectivity index is 1.70. The number of carbonyl (C=O) groups excluding carboxylic acids is 2. The number of rotatable bonds is 6. The summed E-state index contributed by atoms with van der Waals surface area (Å²) < 4.78 is 0. The van der Waals surface area contributed by atoms with Crippen LogP contribution in [0.3, 0.4) is 0 Å². The van der Waals surface area contributed by atoms with E-state index in [2.05, 4.69) is 12.2 Å². The van der Waals surface area contributed by atoms with Crippen LogP contribution in [0.5, 0.6) is 0 Å². The van der Waals surface area contributed by atoms with E-state index in [1.807, 2.05) is 54.6 Å². The molecule has 1 aliphatic heterocycles. The van der Waals surface area contributed by atoms with E-state index in [0.29, 0.717) is 6.42 Å². The lowest BCUT2D eigenvalue weighted by molar-refractivity contribution is -0.118. The van der Waals surface area contributed by atoms with Crippen LogP contribution in [-0.4, -0.2) is 18.4 Å². The van der Waals surface area contributed by atoms with Crippen LogP contribution in [-0.2, 0) is 9.59 Å². The molecule has 4 heteroatoms. The van der Waals surface area contributed by atoms with Gasteiger partial charge in [-0.05, 0) is 42.7 Å². The Morgan fingerprint density at radius 1 is 1.12 bits per heavy atom. The minimum atomic E-state index is -0.147. The maximum absolute atomic E-state index is 12.7. The van der Waals surface area contributed by atoms with Crippen molar-refractivity contribution in [1.29, 1.82) is 0 Å². The number of amides is 2. The molecule has 0 unspecified atom stereocenters. The Kier molecular flexibility index (Phi) is 5.49. The molecule has 0 bridgehead atoms. The molecule has 0 aromatic heterocycles. The minimum Gasteiger partial charge on any atom is -0.326 e. The van der Waals surface area contributed by atoms with Crippen LogP contribution < -0.4 is 10.2 Å². The van der Waals surface area contributed by atoms with Crippen molar-refractivity contribution in [2.75, 3.05) is 16.8 Å². The van der Waals surface area contributed by atoms with E-state index < -0.39 is 0 Å². The molecule has 0 saturated carbocycles. The Bertz CT molecular complexity index is 725. The van der Waals surface area contributed by atoms with Crippen LogP contribution in [0, 0.1) is 0 Å². The van der Waals surface area contributed by atoms with Crippen LogP contribution in [0.4, 0.5) is 11.4 Å². The highest BCUT2D eigenvalue weighted by Gasteiger charge is 2.22. The fourth-order valence-corrected chi connectivity index (χ4v) is 3.30. The number of hydrogen-bond donors (Lipinski definition) is 1. The molecule has 2 aromatic rings. The van der Waals surface area contributed by atoms with Gasteiger partial charge in [0.1, 0.15) is 0 Å². The fraction of sp³-hybridized carbons (Fsp3) is 0.333. The van der Waals surface area contributed by atoms with Crippen molar-refractivity contribution in [3.05, 3.63) is 60.2 Å². The van der Waals surface area contributed by atoms with Crippen molar-refractivity contribution in [1.82, 2.24) is 0 Å². The SMILES string of the molecule is CCC[C@H](C(=O)Nc1ccc(N2CCCC2=O)cc1)c1ccccc1. The van der Waals surface area contributed by atoms with Gasteiger partial charge >= 0.3 is 0 Å². The second-order valence-corrected chi connectivity index (χ2v) is 6.44. The second kappa shape index (κ2) is 7.97. The van der Waals surface area contributed by atoms with Crippen molar-refractivity contribution in [2.45, 2.75) is 38.5 Å².